The Morgan fingerprint density at radius 3 is 2.23 bits per heavy atom. The summed E-state index contributed by atoms with van der Waals surface area (Å²) in [4.78, 5) is 0. The fourth-order valence-corrected chi connectivity index (χ4v) is 5.11. The van der Waals surface area contributed by atoms with Gasteiger partial charge in [-0.1, -0.05) is 26.2 Å². The topological polar surface area (TPSA) is 18.5 Å². The van der Waals surface area contributed by atoms with E-state index in [-0.39, 0.29) is 5.92 Å². The molecule has 1 aromatic rings. The monoisotopic (exact) mass is 434 g/mol. The molecule has 7 heteroatoms. The first-order valence-corrected chi connectivity index (χ1v) is 11.1. The average molecular weight is 434 g/mol. The average Bonchev–Trinajstić information content (AvgIpc) is 2.69. The van der Waals surface area contributed by atoms with Crippen LogP contribution in [0.25, 0.3) is 0 Å². The van der Waals surface area contributed by atoms with Crippen LogP contribution in [0.4, 0.5) is 22.0 Å². The van der Waals surface area contributed by atoms with Crippen LogP contribution in [0.5, 0.6) is 5.75 Å². The smallest absolute Gasteiger partial charge is 0.399 e. The molecule has 2 saturated carbocycles. The normalized spacial score (nSPS) is 27.0. The van der Waals surface area contributed by atoms with E-state index in [2.05, 4.69) is 11.7 Å². The van der Waals surface area contributed by atoms with E-state index >= 15 is 0 Å². The first-order valence-electron chi connectivity index (χ1n) is 11.1. The molecular formula is C23H31F5O2. The molecule has 170 valence electrons. The molecule has 2 aliphatic rings. The number of rotatable bonds is 8. The van der Waals surface area contributed by atoms with E-state index < -0.39 is 23.7 Å². The predicted molar refractivity (Wildman–Crippen MR) is 104 cm³/mol. The lowest BCUT2D eigenvalue weighted by Crippen LogP contribution is -2.34. The van der Waals surface area contributed by atoms with Gasteiger partial charge in [-0.15, -0.1) is 13.2 Å². The molecular weight excluding hydrogens is 403 g/mol. The van der Waals surface area contributed by atoms with Crippen molar-refractivity contribution in [3.63, 3.8) is 0 Å². The lowest BCUT2D eigenvalue weighted by atomic mass is 9.65. The van der Waals surface area contributed by atoms with Crippen LogP contribution in [0.1, 0.15) is 82.6 Å². The van der Waals surface area contributed by atoms with Gasteiger partial charge in [0.05, 0.1) is 6.10 Å². The zero-order valence-electron chi connectivity index (χ0n) is 17.4. The molecule has 0 bridgehead atoms. The van der Waals surface area contributed by atoms with Crippen LogP contribution in [0.2, 0.25) is 0 Å². The minimum Gasteiger partial charge on any atom is -0.399 e. The summed E-state index contributed by atoms with van der Waals surface area (Å²) in [5.41, 5.74) is 0.423. The van der Waals surface area contributed by atoms with Crippen molar-refractivity contribution < 1.29 is 31.4 Å². The summed E-state index contributed by atoms with van der Waals surface area (Å²) in [7, 11) is 0. The number of alkyl halides is 3. The Hall–Kier alpha value is -1.37. The van der Waals surface area contributed by atoms with E-state index in [0.29, 0.717) is 23.5 Å². The molecule has 4 atom stereocenters. The fourth-order valence-electron chi connectivity index (χ4n) is 5.11. The molecule has 2 fully saturated rings. The van der Waals surface area contributed by atoms with Crippen molar-refractivity contribution in [2.45, 2.75) is 89.5 Å². The van der Waals surface area contributed by atoms with Gasteiger partial charge in [0.1, 0.15) is 0 Å². The molecule has 2 nitrogen and oxygen atoms in total. The Morgan fingerprint density at radius 2 is 1.57 bits per heavy atom. The third-order valence-electron chi connectivity index (χ3n) is 6.63. The second-order valence-corrected chi connectivity index (χ2v) is 8.76. The minimum atomic E-state index is -5.13. The van der Waals surface area contributed by atoms with Gasteiger partial charge in [-0.25, -0.2) is 8.78 Å². The van der Waals surface area contributed by atoms with Crippen molar-refractivity contribution in [2.75, 3.05) is 6.61 Å². The van der Waals surface area contributed by atoms with Crippen LogP contribution < -0.4 is 4.74 Å². The summed E-state index contributed by atoms with van der Waals surface area (Å²) in [6.07, 6.45) is 5.55. The Bertz CT molecular complexity index is 668. The summed E-state index contributed by atoms with van der Waals surface area (Å²) < 4.78 is 74.8. The van der Waals surface area contributed by atoms with Gasteiger partial charge in [-0.2, -0.15) is 0 Å². The van der Waals surface area contributed by atoms with Crippen LogP contribution in [0, 0.1) is 23.5 Å². The van der Waals surface area contributed by atoms with Gasteiger partial charge in [0.25, 0.3) is 0 Å². The Kier molecular flexibility index (Phi) is 7.99. The van der Waals surface area contributed by atoms with Crippen LogP contribution in [-0.4, -0.2) is 19.1 Å². The molecule has 2 aliphatic carbocycles. The van der Waals surface area contributed by atoms with Crippen molar-refractivity contribution in [2.24, 2.45) is 11.8 Å². The summed E-state index contributed by atoms with van der Waals surface area (Å²) in [6, 6.07) is 2.00. The highest BCUT2D eigenvalue weighted by Gasteiger charge is 2.38. The molecule has 0 aromatic heterocycles. The molecule has 0 spiro atoms. The zero-order chi connectivity index (χ0) is 21.7. The van der Waals surface area contributed by atoms with E-state index in [4.69, 9.17) is 4.74 Å². The predicted octanol–water partition coefficient (Wildman–Crippen LogP) is 7.51. The van der Waals surface area contributed by atoms with Crippen molar-refractivity contribution in [3.05, 3.63) is 29.3 Å². The molecule has 30 heavy (non-hydrogen) atoms. The van der Waals surface area contributed by atoms with Crippen LogP contribution in [0.15, 0.2) is 12.1 Å². The molecule has 3 rings (SSSR count). The highest BCUT2D eigenvalue weighted by Crippen LogP contribution is 2.47. The van der Waals surface area contributed by atoms with Gasteiger partial charge >= 0.3 is 6.36 Å². The summed E-state index contributed by atoms with van der Waals surface area (Å²) in [6.45, 7) is 3.00. The highest BCUT2D eigenvalue weighted by atomic mass is 19.4. The maximum Gasteiger partial charge on any atom is 0.573 e. The van der Waals surface area contributed by atoms with Crippen molar-refractivity contribution in [1.29, 1.82) is 0 Å². The highest BCUT2D eigenvalue weighted by molar-refractivity contribution is 5.33. The quantitative estimate of drug-likeness (QED) is 0.311. The van der Waals surface area contributed by atoms with Gasteiger partial charge in [0.15, 0.2) is 11.6 Å². The maximum atomic E-state index is 14.1. The Morgan fingerprint density at radius 1 is 0.900 bits per heavy atom. The maximum absolute atomic E-state index is 14.1. The molecule has 0 radical (unpaired) electrons. The fraction of sp³-hybridized carbons (Fsp3) is 0.739. The van der Waals surface area contributed by atoms with Gasteiger partial charge < -0.3 is 9.47 Å². The largest absolute Gasteiger partial charge is 0.573 e. The molecule has 0 saturated heterocycles. The van der Waals surface area contributed by atoms with E-state index in [1.807, 2.05) is 0 Å². The molecule has 0 aliphatic heterocycles. The number of unbranched alkanes of at least 4 members (excludes halogenated alkanes) is 3. The van der Waals surface area contributed by atoms with Gasteiger partial charge in [-0.05, 0) is 80.4 Å². The van der Waals surface area contributed by atoms with Crippen LogP contribution in [0.3, 0.4) is 0 Å². The second kappa shape index (κ2) is 10.3. The SMILES string of the molecule is CCCCCCOC1CCC2CC(c3cc(F)c(OC(F)(F)F)c(F)c3)CCC2C1. The second-order valence-electron chi connectivity index (χ2n) is 8.76. The number of ether oxygens (including phenoxy) is 2. The molecule has 1 aromatic carbocycles. The van der Waals surface area contributed by atoms with E-state index in [1.54, 1.807) is 0 Å². The van der Waals surface area contributed by atoms with Gasteiger partial charge in [0.2, 0.25) is 5.75 Å². The first-order chi connectivity index (χ1) is 14.3. The third-order valence-corrected chi connectivity index (χ3v) is 6.63. The van der Waals surface area contributed by atoms with E-state index in [0.717, 1.165) is 63.7 Å². The van der Waals surface area contributed by atoms with Crippen LogP contribution in [-0.2, 0) is 4.74 Å². The molecule has 0 amide bonds. The number of halogens is 5. The third kappa shape index (κ3) is 6.32. The molecule has 0 heterocycles. The number of benzene rings is 1. The van der Waals surface area contributed by atoms with Gasteiger partial charge in [0, 0.05) is 6.61 Å². The minimum absolute atomic E-state index is 0.0401. The van der Waals surface area contributed by atoms with E-state index in [9.17, 15) is 22.0 Å². The number of fused-ring (bicyclic) bond motifs is 1. The summed E-state index contributed by atoms with van der Waals surface area (Å²) in [5.74, 6) is -2.99. The standard InChI is InChI=1S/C23H31F5O2/c1-2-3-4-5-10-29-19-9-8-15-11-16(6-7-17(15)12-19)18-13-20(24)22(21(25)14-18)30-23(26,27)28/h13-17,19H,2-12H2,1H3. The van der Waals surface area contributed by atoms with Crippen LogP contribution >= 0.6 is 0 Å². The van der Waals surface area contributed by atoms with Crippen molar-refractivity contribution in [3.8, 4) is 5.75 Å². The zero-order valence-corrected chi connectivity index (χ0v) is 17.4. The lowest BCUT2D eigenvalue weighted by molar-refractivity contribution is -0.276. The van der Waals surface area contributed by atoms with E-state index in [1.165, 1.54) is 19.3 Å². The summed E-state index contributed by atoms with van der Waals surface area (Å²) >= 11 is 0. The molecule has 4 unspecified atom stereocenters. The van der Waals surface area contributed by atoms with Gasteiger partial charge in [-0.3, -0.25) is 0 Å². The Balaban J connectivity index is 1.54. The van der Waals surface area contributed by atoms with Crippen molar-refractivity contribution >= 4 is 0 Å². The number of hydrogen-bond donors (Lipinski definition) is 0. The lowest BCUT2D eigenvalue weighted by Gasteiger charge is -2.42. The summed E-state index contributed by atoms with van der Waals surface area (Å²) in [5, 5.41) is 0. The first kappa shape index (κ1) is 23.3. The Labute approximate surface area is 175 Å². The molecule has 0 N–H and O–H groups in total. The number of hydrogen-bond acceptors (Lipinski definition) is 2. The van der Waals surface area contributed by atoms with Crippen molar-refractivity contribution in [1.82, 2.24) is 0 Å².